The number of aromatic nitrogens is 1. The van der Waals surface area contributed by atoms with Crippen LogP contribution in [0, 0.1) is 0 Å². The van der Waals surface area contributed by atoms with Crippen LogP contribution in [0.5, 0.6) is 0 Å². The van der Waals surface area contributed by atoms with Crippen LogP contribution >= 0.6 is 0 Å². The summed E-state index contributed by atoms with van der Waals surface area (Å²) in [6, 6.07) is 5.69. The molecule has 0 aliphatic rings. The Balaban J connectivity index is 1.86. The van der Waals surface area contributed by atoms with E-state index in [1.165, 1.54) is 6.39 Å². The molecule has 2 aromatic rings. The number of rotatable bonds is 5. The van der Waals surface area contributed by atoms with E-state index in [9.17, 15) is 4.79 Å². The SMILES string of the molecule is CC(C)(N)CCC(=O)NCc1ccc2ncoc2c1. The van der Waals surface area contributed by atoms with Gasteiger partial charge in [0.1, 0.15) is 5.52 Å². The Labute approximate surface area is 112 Å². The third kappa shape index (κ3) is 4.06. The highest BCUT2D eigenvalue weighted by Gasteiger charge is 2.13. The third-order valence-corrected chi connectivity index (χ3v) is 2.88. The normalized spacial score (nSPS) is 11.7. The molecule has 0 unspecified atom stereocenters. The Morgan fingerprint density at radius 2 is 2.26 bits per heavy atom. The Bertz CT molecular complexity index is 569. The predicted molar refractivity (Wildman–Crippen MR) is 73.4 cm³/mol. The predicted octanol–water partition coefficient (Wildman–Crippen LogP) is 1.96. The van der Waals surface area contributed by atoms with Gasteiger partial charge < -0.3 is 15.5 Å². The molecule has 1 amide bonds. The van der Waals surface area contributed by atoms with E-state index in [1.807, 2.05) is 32.0 Å². The summed E-state index contributed by atoms with van der Waals surface area (Å²) >= 11 is 0. The first kappa shape index (κ1) is 13.5. The maximum absolute atomic E-state index is 11.7. The number of nitrogens with one attached hydrogen (secondary N) is 1. The van der Waals surface area contributed by atoms with Crippen molar-refractivity contribution >= 4 is 17.0 Å². The van der Waals surface area contributed by atoms with Crippen molar-refractivity contribution in [1.82, 2.24) is 10.3 Å². The van der Waals surface area contributed by atoms with Crippen molar-refractivity contribution in [3.8, 4) is 0 Å². The van der Waals surface area contributed by atoms with E-state index in [4.69, 9.17) is 10.2 Å². The molecule has 0 saturated carbocycles. The van der Waals surface area contributed by atoms with Crippen molar-refractivity contribution < 1.29 is 9.21 Å². The number of hydrogen-bond acceptors (Lipinski definition) is 4. The number of hydrogen-bond donors (Lipinski definition) is 2. The van der Waals surface area contributed by atoms with E-state index in [0.717, 1.165) is 16.7 Å². The van der Waals surface area contributed by atoms with E-state index in [1.54, 1.807) is 0 Å². The number of oxazole rings is 1. The molecule has 0 radical (unpaired) electrons. The average Bonchev–Trinajstić information content (AvgIpc) is 2.80. The smallest absolute Gasteiger partial charge is 0.220 e. The minimum absolute atomic E-state index is 0.0104. The minimum Gasteiger partial charge on any atom is -0.443 e. The highest BCUT2D eigenvalue weighted by molar-refractivity contribution is 5.76. The monoisotopic (exact) mass is 261 g/mol. The van der Waals surface area contributed by atoms with E-state index < -0.39 is 0 Å². The number of nitrogens with zero attached hydrogens (tertiary/aromatic N) is 1. The van der Waals surface area contributed by atoms with Crippen LogP contribution in [0.3, 0.4) is 0 Å². The Morgan fingerprint density at radius 3 is 3.00 bits per heavy atom. The summed E-state index contributed by atoms with van der Waals surface area (Å²) < 4.78 is 5.22. The first-order chi connectivity index (χ1) is 8.94. The zero-order valence-electron chi connectivity index (χ0n) is 11.3. The van der Waals surface area contributed by atoms with Crippen molar-refractivity contribution in [3.05, 3.63) is 30.2 Å². The van der Waals surface area contributed by atoms with Gasteiger partial charge in [-0.15, -0.1) is 0 Å². The van der Waals surface area contributed by atoms with E-state index >= 15 is 0 Å². The second kappa shape index (κ2) is 5.40. The lowest BCUT2D eigenvalue weighted by atomic mass is 10.00. The second-order valence-electron chi connectivity index (χ2n) is 5.42. The Hall–Kier alpha value is -1.88. The summed E-state index contributed by atoms with van der Waals surface area (Å²) in [7, 11) is 0. The lowest BCUT2D eigenvalue weighted by molar-refractivity contribution is -0.121. The number of nitrogens with two attached hydrogens (primary N) is 1. The fourth-order valence-corrected chi connectivity index (χ4v) is 1.73. The van der Waals surface area contributed by atoms with Gasteiger partial charge in [0, 0.05) is 18.5 Å². The highest BCUT2D eigenvalue weighted by Crippen LogP contribution is 2.14. The van der Waals surface area contributed by atoms with Crippen LogP contribution in [0.15, 0.2) is 29.0 Å². The van der Waals surface area contributed by atoms with Gasteiger partial charge >= 0.3 is 0 Å². The zero-order chi connectivity index (χ0) is 13.9. The molecule has 0 atom stereocenters. The van der Waals surface area contributed by atoms with Gasteiger partial charge in [0.15, 0.2) is 12.0 Å². The van der Waals surface area contributed by atoms with Gasteiger partial charge in [0.05, 0.1) is 0 Å². The molecular formula is C14H19N3O2. The quantitative estimate of drug-likeness (QED) is 0.862. The lowest BCUT2D eigenvalue weighted by Gasteiger charge is -2.17. The van der Waals surface area contributed by atoms with Gasteiger partial charge in [-0.3, -0.25) is 4.79 Å². The van der Waals surface area contributed by atoms with Gasteiger partial charge in [-0.05, 0) is 38.0 Å². The Kier molecular flexibility index (Phi) is 3.85. The van der Waals surface area contributed by atoms with E-state index in [2.05, 4.69) is 10.3 Å². The number of benzene rings is 1. The minimum atomic E-state index is -0.309. The van der Waals surface area contributed by atoms with Gasteiger partial charge in [-0.25, -0.2) is 4.98 Å². The van der Waals surface area contributed by atoms with E-state index in [0.29, 0.717) is 19.4 Å². The van der Waals surface area contributed by atoms with Crippen LogP contribution in [0.25, 0.3) is 11.1 Å². The van der Waals surface area contributed by atoms with Crippen molar-refractivity contribution in [2.24, 2.45) is 5.73 Å². The number of amides is 1. The number of fused-ring (bicyclic) bond motifs is 1. The molecule has 5 nitrogen and oxygen atoms in total. The molecule has 0 aliphatic carbocycles. The maximum Gasteiger partial charge on any atom is 0.220 e. The van der Waals surface area contributed by atoms with Crippen LogP contribution in [-0.2, 0) is 11.3 Å². The molecule has 19 heavy (non-hydrogen) atoms. The average molecular weight is 261 g/mol. The van der Waals surface area contributed by atoms with Gasteiger partial charge in [-0.1, -0.05) is 6.07 Å². The molecule has 0 saturated heterocycles. The summed E-state index contributed by atoms with van der Waals surface area (Å²) in [6.07, 6.45) is 2.52. The molecule has 2 rings (SSSR count). The molecule has 3 N–H and O–H groups in total. The zero-order valence-corrected chi connectivity index (χ0v) is 11.3. The first-order valence-corrected chi connectivity index (χ1v) is 6.32. The van der Waals surface area contributed by atoms with Crippen LogP contribution < -0.4 is 11.1 Å². The topological polar surface area (TPSA) is 81.2 Å². The fraction of sp³-hybridized carbons (Fsp3) is 0.429. The summed E-state index contributed by atoms with van der Waals surface area (Å²) in [5.74, 6) is 0.0104. The van der Waals surface area contributed by atoms with Crippen molar-refractivity contribution in [1.29, 1.82) is 0 Å². The van der Waals surface area contributed by atoms with Gasteiger partial charge in [0.2, 0.25) is 5.91 Å². The van der Waals surface area contributed by atoms with E-state index in [-0.39, 0.29) is 11.4 Å². The highest BCUT2D eigenvalue weighted by atomic mass is 16.3. The van der Waals surface area contributed by atoms with Crippen LogP contribution in [0.1, 0.15) is 32.3 Å². The standard InChI is InChI=1S/C14H19N3O2/c1-14(2,15)6-5-13(18)16-8-10-3-4-11-12(7-10)19-9-17-11/h3-4,7,9H,5-6,8,15H2,1-2H3,(H,16,18). The molecule has 0 bridgehead atoms. The molecule has 0 fully saturated rings. The van der Waals surface area contributed by atoms with Crippen molar-refractivity contribution in [2.45, 2.75) is 38.8 Å². The summed E-state index contributed by atoms with van der Waals surface area (Å²) in [5, 5.41) is 2.87. The largest absolute Gasteiger partial charge is 0.443 e. The van der Waals surface area contributed by atoms with Crippen LogP contribution in [0.2, 0.25) is 0 Å². The van der Waals surface area contributed by atoms with Crippen LogP contribution in [0.4, 0.5) is 0 Å². The third-order valence-electron chi connectivity index (χ3n) is 2.88. The number of carbonyl (C=O) groups excluding carboxylic acids is 1. The molecule has 0 aliphatic heterocycles. The second-order valence-corrected chi connectivity index (χ2v) is 5.42. The summed E-state index contributed by atoms with van der Waals surface area (Å²) in [4.78, 5) is 15.7. The van der Waals surface area contributed by atoms with Crippen molar-refractivity contribution in [2.75, 3.05) is 0 Å². The van der Waals surface area contributed by atoms with Gasteiger partial charge in [0.25, 0.3) is 0 Å². The lowest BCUT2D eigenvalue weighted by Crippen LogP contribution is -2.34. The molecule has 5 heteroatoms. The van der Waals surface area contributed by atoms with Crippen LogP contribution in [-0.4, -0.2) is 16.4 Å². The molecule has 1 heterocycles. The molecule has 102 valence electrons. The number of carbonyl (C=O) groups is 1. The van der Waals surface area contributed by atoms with Gasteiger partial charge in [-0.2, -0.15) is 0 Å². The first-order valence-electron chi connectivity index (χ1n) is 6.32. The summed E-state index contributed by atoms with van der Waals surface area (Å²) in [5.41, 5.74) is 8.07. The molecule has 1 aromatic heterocycles. The fourth-order valence-electron chi connectivity index (χ4n) is 1.73. The summed E-state index contributed by atoms with van der Waals surface area (Å²) in [6.45, 7) is 4.32. The van der Waals surface area contributed by atoms with Crippen molar-refractivity contribution in [3.63, 3.8) is 0 Å². The maximum atomic E-state index is 11.7. The molecule has 0 spiro atoms. The Morgan fingerprint density at radius 1 is 1.47 bits per heavy atom. The molecule has 1 aromatic carbocycles. The molecular weight excluding hydrogens is 242 g/mol.